The fourth-order valence-corrected chi connectivity index (χ4v) is 15.2. The fourth-order valence-electron chi connectivity index (χ4n) is 10.7. The van der Waals surface area contributed by atoms with E-state index in [0.29, 0.717) is 5.69 Å². The van der Waals surface area contributed by atoms with Crippen molar-refractivity contribution in [1.82, 2.24) is 43.9 Å². The molecule has 3 aliphatic heterocycles. The number of hydrogen-bond donors (Lipinski definition) is 11. The molecule has 3 saturated heterocycles. The third kappa shape index (κ3) is 23.2. The number of rotatable bonds is 30. The number of aliphatic hydroxyl groups is 3. The van der Waals surface area contributed by atoms with Crippen LogP contribution in [0.15, 0.2) is 142 Å². The van der Waals surface area contributed by atoms with E-state index in [4.69, 9.17) is 84.2 Å². The van der Waals surface area contributed by atoms with Gasteiger partial charge in [-0.1, -0.05) is 54.6 Å². The molecule has 6 heterocycles. The summed E-state index contributed by atoms with van der Waals surface area (Å²) in [5, 5.41) is 40.2. The maximum Gasteiger partial charge on any atom is 0.459 e. The molecule has 0 spiro atoms. The minimum atomic E-state index is -4.20. The molecule has 38 nitrogen and oxygen atoms in total. The number of nitrogens with one attached hydrogen (secondary N) is 3. The van der Waals surface area contributed by atoms with Crippen molar-refractivity contribution in [1.29, 1.82) is 0 Å². The Balaban J connectivity index is 0.000000226. The highest BCUT2D eigenvalue weighted by atomic mass is 31.2. The lowest BCUT2D eigenvalue weighted by molar-refractivity contribution is -0.150. The number of esters is 3. The Labute approximate surface area is 622 Å². The number of ether oxygens (including phenoxy) is 6. The van der Waals surface area contributed by atoms with Crippen LogP contribution in [-0.2, 0) is 70.1 Å². The SMILES string of the molecule is CC(C)OC(=O)[C@@H](C)NP(=O)(OC[C@H]1O[C@@H](n2ccc(N)nc2=O)[C@](C)(N)[C@@H]1O)Oc1ccccc1.CC(C)OC(=O)[C@@H](C)N[P@@](=O)(OC[C@H]1O[C@@H](n2ccc(N)nc2=O)[C@](C)(N)[C@@H]1O)Oc1ccccc1.Cc1ccn([C@@H]2O[C@H](CO[P@@](=O)(N[C@H](C)C(=O)OC(C)C)Oc3ccccc3)[C@@H](O)[C@@]2(C)N)c(=O)n1. The normalized spacial score (nSPS) is 26.4. The Morgan fingerprint density at radius 1 is 0.454 bits per heavy atom. The molecule has 0 bridgehead atoms. The zero-order valence-corrected chi connectivity index (χ0v) is 64.4. The molecule has 9 rings (SSSR count). The lowest BCUT2D eigenvalue weighted by Crippen LogP contribution is -2.53. The smallest absolute Gasteiger partial charge is 0.459 e. The van der Waals surface area contributed by atoms with Crippen molar-refractivity contribution in [2.24, 2.45) is 17.2 Å². The summed E-state index contributed by atoms with van der Waals surface area (Å²) in [6.45, 7) is 19.3. The highest BCUT2D eigenvalue weighted by Gasteiger charge is 2.56. The van der Waals surface area contributed by atoms with Gasteiger partial charge in [-0.15, -0.1) is 0 Å². The van der Waals surface area contributed by atoms with Crippen LogP contribution in [0, 0.1) is 6.92 Å². The monoisotopic (exact) mass is 1570 g/mol. The molecule has 0 amide bonds. The second kappa shape index (κ2) is 37.0. The third-order valence-corrected chi connectivity index (χ3v) is 21.1. The van der Waals surface area contributed by atoms with Crippen LogP contribution in [0.2, 0.25) is 0 Å². The molecule has 0 radical (unpaired) electrons. The first-order chi connectivity index (χ1) is 50.5. The summed E-state index contributed by atoms with van der Waals surface area (Å²) in [5.41, 5.74) is 24.2. The average Bonchev–Trinajstić information content (AvgIpc) is 1.63. The summed E-state index contributed by atoms with van der Waals surface area (Å²) in [4.78, 5) is 85.1. The minimum absolute atomic E-state index is 0.0172. The van der Waals surface area contributed by atoms with Gasteiger partial charge in [-0.3, -0.25) is 41.7 Å². The number of nitrogens with zero attached hydrogens (tertiary/aromatic N) is 6. The van der Waals surface area contributed by atoms with Crippen molar-refractivity contribution < 1.29 is 99.0 Å². The van der Waals surface area contributed by atoms with Crippen molar-refractivity contribution >= 4 is 52.8 Å². The predicted molar refractivity (Wildman–Crippen MR) is 390 cm³/mol. The summed E-state index contributed by atoms with van der Waals surface area (Å²) < 4.78 is 111. The number of hydrogen-bond acceptors (Lipinski definition) is 32. The van der Waals surface area contributed by atoms with Crippen molar-refractivity contribution in [3.05, 3.63) is 165 Å². The van der Waals surface area contributed by atoms with E-state index < -0.39 is 168 Å². The lowest BCUT2D eigenvalue weighted by atomic mass is 9.93. The van der Waals surface area contributed by atoms with Gasteiger partial charge in [0.1, 0.15) is 83.6 Å². The van der Waals surface area contributed by atoms with E-state index in [1.54, 1.807) is 146 Å². The van der Waals surface area contributed by atoms with Gasteiger partial charge in [-0.05, 0) is 145 Å². The molecule has 3 aliphatic rings. The number of aliphatic hydroxyl groups excluding tert-OH is 3. The molecule has 0 saturated carbocycles. The fraction of sp³-hybridized carbons (Fsp3) is 0.507. The minimum Gasteiger partial charge on any atom is -0.462 e. The number of nitrogen functional groups attached to an aromatic ring is 2. The molecule has 0 aliphatic carbocycles. The summed E-state index contributed by atoms with van der Waals surface area (Å²) in [6.07, 6.45) is -7.54. The molecule has 41 heteroatoms. The van der Waals surface area contributed by atoms with E-state index in [1.807, 2.05) is 0 Å². The van der Waals surface area contributed by atoms with Gasteiger partial charge < -0.3 is 86.0 Å². The van der Waals surface area contributed by atoms with Gasteiger partial charge in [0.15, 0.2) is 18.7 Å². The molecule has 18 atom stereocenters. The van der Waals surface area contributed by atoms with E-state index in [9.17, 15) is 57.8 Å². The van der Waals surface area contributed by atoms with Crippen LogP contribution >= 0.6 is 23.2 Å². The molecule has 3 aromatic heterocycles. The number of carbonyl (C=O) groups excluding carboxylic acids is 3. The largest absolute Gasteiger partial charge is 0.462 e. The van der Waals surface area contributed by atoms with E-state index in [-0.39, 0.29) is 47.2 Å². The van der Waals surface area contributed by atoms with Crippen LogP contribution in [0.3, 0.4) is 0 Å². The van der Waals surface area contributed by atoms with Crippen LogP contribution in [0.5, 0.6) is 17.2 Å². The second-order valence-corrected chi connectivity index (χ2v) is 32.0. The maximum atomic E-state index is 13.7. The highest BCUT2D eigenvalue weighted by molar-refractivity contribution is 7.52. The molecule has 16 N–H and O–H groups in total. The van der Waals surface area contributed by atoms with Crippen molar-refractivity contribution in [2.75, 3.05) is 31.3 Å². The van der Waals surface area contributed by atoms with Gasteiger partial charge in [0, 0.05) is 24.3 Å². The van der Waals surface area contributed by atoms with Gasteiger partial charge in [0.2, 0.25) is 0 Å². The Morgan fingerprint density at radius 2 is 0.704 bits per heavy atom. The van der Waals surface area contributed by atoms with Crippen molar-refractivity contribution in [3.63, 3.8) is 0 Å². The van der Waals surface area contributed by atoms with Crippen molar-refractivity contribution in [2.45, 2.75) is 198 Å². The van der Waals surface area contributed by atoms with Gasteiger partial charge in [0.25, 0.3) is 0 Å². The predicted octanol–water partition coefficient (Wildman–Crippen LogP) is 3.53. The average molecular weight is 1580 g/mol. The summed E-state index contributed by atoms with van der Waals surface area (Å²) in [5.74, 6) is -1.28. The molecule has 108 heavy (non-hydrogen) atoms. The standard InChI is InChI=1S/C23H33N4O8P.2C22H32N5O8P/c1-14(2)33-20(29)16(4)26-36(31,35-17-9-7-6-8-10-17)32-13-18-19(28)23(5,24)21(34-18)27-12-11-15(3)25-22(27)30;2*1-13(2)33-19(29)14(3)26-36(31,35-15-8-6-5-7-9-15)32-12-16-18(28)22(4,24)20(34-16)27-11-10-17(23)25-21(27)30/h6-12,14,16,18-19,21,28H,13,24H2,1-5H3,(H,26,31);2*5-11,13-14,16,18,20,28H,12,24H2,1-4H3,(H,26,31)(H2,23,25,30)/t16-,18-,19-,21-,23-,36+;14-,16-,18-,20-,22-,36?;14-,16-,18-,20-,22-,36-/m111/s1. The zero-order valence-electron chi connectivity index (χ0n) is 61.7. The Hall–Kier alpha value is -8.20. The third-order valence-electron chi connectivity index (χ3n) is 16.2. The quantitative estimate of drug-likeness (QED) is 0.0174. The topological polar surface area (TPSA) is 545 Å². The number of carbonyl (C=O) groups is 3. The Bertz CT molecular complexity index is 3900. The number of benzene rings is 3. The number of para-hydroxylation sites is 3. The number of anilines is 2. The van der Waals surface area contributed by atoms with Crippen LogP contribution < -0.4 is 74.6 Å². The number of aryl methyl sites for hydroxylation is 1. The van der Waals surface area contributed by atoms with Crippen molar-refractivity contribution in [3.8, 4) is 17.2 Å². The summed E-state index contributed by atoms with van der Waals surface area (Å²) in [6, 6.07) is 25.9. The van der Waals surface area contributed by atoms with E-state index in [2.05, 4.69) is 30.2 Å². The van der Waals surface area contributed by atoms with Gasteiger partial charge in [-0.2, -0.15) is 30.2 Å². The van der Waals surface area contributed by atoms with Gasteiger partial charge >= 0.3 is 58.2 Å². The molecule has 6 aromatic rings. The Morgan fingerprint density at radius 3 is 0.944 bits per heavy atom. The van der Waals surface area contributed by atoms with Crippen LogP contribution in [0.1, 0.15) is 107 Å². The molecular weight excluding hydrogens is 1480 g/mol. The van der Waals surface area contributed by atoms with Crippen LogP contribution in [-0.4, -0.2) is 171 Å². The summed E-state index contributed by atoms with van der Waals surface area (Å²) >= 11 is 0. The van der Waals surface area contributed by atoms with Gasteiger partial charge in [-0.25, -0.2) is 28.1 Å². The summed E-state index contributed by atoms with van der Waals surface area (Å²) in [7, 11) is -12.6. The molecule has 594 valence electrons. The maximum absolute atomic E-state index is 13.7. The van der Waals surface area contributed by atoms with E-state index >= 15 is 0 Å². The van der Waals surface area contributed by atoms with Gasteiger partial charge in [0.05, 0.1) is 54.7 Å². The second-order valence-electron chi connectivity index (χ2n) is 27.0. The van der Waals surface area contributed by atoms with Crippen LogP contribution in [0.25, 0.3) is 0 Å². The first kappa shape index (κ1) is 87.0. The highest BCUT2D eigenvalue weighted by Crippen LogP contribution is 2.50. The Kier molecular flexibility index (Phi) is 29.8. The first-order valence-electron chi connectivity index (χ1n) is 34.0. The molecule has 1 unspecified atom stereocenters. The molecule has 3 aromatic carbocycles. The van der Waals surface area contributed by atoms with E-state index in [1.165, 1.54) is 76.8 Å². The lowest BCUT2D eigenvalue weighted by Gasteiger charge is -2.28. The van der Waals surface area contributed by atoms with E-state index in [0.717, 1.165) is 9.13 Å². The first-order valence-corrected chi connectivity index (χ1v) is 38.6. The molecule has 3 fully saturated rings. The zero-order chi connectivity index (χ0) is 80.0. The molecular formula is C67H97N14O24P3. The number of aromatic nitrogens is 6. The number of nitrogens with two attached hydrogens (primary N) is 5. The van der Waals surface area contributed by atoms with Crippen LogP contribution in [0.4, 0.5) is 11.6 Å².